The number of rotatable bonds is 5. The van der Waals surface area contributed by atoms with Crippen LogP contribution in [-0.4, -0.2) is 0 Å². The van der Waals surface area contributed by atoms with Gasteiger partial charge in [0.2, 0.25) is 0 Å². The Kier molecular flexibility index (Phi) is 8.04. The smallest absolute Gasteiger partial charge is 0.0313 e. The molecule has 0 aliphatic rings. The monoisotopic (exact) mass is 137 g/mol. The van der Waals surface area contributed by atoms with Crippen molar-refractivity contribution in [3.8, 4) is 0 Å². The van der Waals surface area contributed by atoms with Gasteiger partial charge in [0.05, 0.1) is 0 Å². The van der Waals surface area contributed by atoms with Crippen molar-refractivity contribution in [3.63, 3.8) is 0 Å². The van der Waals surface area contributed by atoms with E-state index in [1.54, 1.807) is 6.08 Å². The van der Waals surface area contributed by atoms with Gasteiger partial charge in [-0.2, -0.15) is 0 Å². The molecule has 0 aliphatic heterocycles. The molecule has 0 heterocycles. The van der Waals surface area contributed by atoms with Crippen LogP contribution in [0.3, 0.4) is 0 Å². The molecule has 0 bridgehead atoms. The van der Waals surface area contributed by atoms with Crippen LogP contribution in [0.4, 0.5) is 0 Å². The molecule has 0 amide bonds. The van der Waals surface area contributed by atoms with Crippen LogP contribution >= 0.6 is 0 Å². The van der Waals surface area contributed by atoms with Crippen molar-refractivity contribution in [2.75, 3.05) is 0 Å². The van der Waals surface area contributed by atoms with Gasteiger partial charge in [0.15, 0.2) is 0 Å². The van der Waals surface area contributed by atoms with Crippen molar-refractivity contribution in [1.29, 1.82) is 0 Å². The molecule has 0 fully saturated rings. The molecular weight excluding hydrogens is 120 g/mol. The van der Waals surface area contributed by atoms with E-state index >= 15 is 0 Å². The molecule has 0 aromatic carbocycles. The SMILES string of the molecule is [CH2]C=CC=CCCCCC. The fourth-order valence-electron chi connectivity index (χ4n) is 0.766. The maximum absolute atomic E-state index is 3.59. The van der Waals surface area contributed by atoms with Crippen molar-refractivity contribution in [3.05, 3.63) is 31.2 Å². The van der Waals surface area contributed by atoms with Gasteiger partial charge in [-0.15, -0.1) is 0 Å². The maximum Gasteiger partial charge on any atom is -0.0313 e. The first-order valence-corrected chi connectivity index (χ1v) is 4.02. The minimum Gasteiger partial charge on any atom is -0.0845 e. The summed E-state index contributed by atoms with van der Waals surface area (Å²) in [6.07, 6.45) is 13.2. The molecule has 0 aliphatic carbocycles. The summed E-state index contributed by atoms with van der Waals surface area (Å²) in [5, 5.41) is 0. The van der Waals surface area contributed by atoms with Crippen LogP contribution in [0.5, 0.6) is 0 Å². The summed E-state index contributed by atoms with van der Waals surface area (Å²) < 4.78 is 0. The third kappa shape index (κ3) is 7.48. The average Bonchev–Trinajstić information content (AvgIpc) is 1.97. The van der Waals surface area contributed by atoms with Gasteiger partial charge in [0.25, 0.3) is 0 Å². The zero-order valence-electron chi connectivity index (χ0n) is 6.84. The Morgan fingerprint density at radius 1 is 1.20 bits per heavy atom. The van der Waals surface area contributed by atoms with Crippen LogP contribution in [0, 0.1) is 6.92 Å². The molecule has 0 nitrogen and oxygen atoms in total. The normalized spacial score (nSPS) is 11.8. The molecular formula is C10H17. The van der Waals surface area contributed by atoms with Gasteiger partial charge in [0.1, 0.15) is 0 Å². The Hall–Kier alpha value is -0.520. The van der Waals surface area contributed by atoms with Gasteiger partial charge in [-0.1, -0.05) is 44.1 Å². The lowest BCUT2D eigenvalue weighted by atomic mass is 10.2. The summed E-state index contributed by atoms with van der Waals surface area (Å²) in [4.78, 5) is 0. The molecule has 0 aromatic heterocycles. The first-order chi connectivity index (χ1) is 4.91. The van der Waals surface area contributed by atoms with Crippen molar-refractivity contribution in [2.24, 2.45) is 0 Å². The molecule has 0 rings (SSSR count). The highest BCUT2D eigenvalue weighted by molar-refractivity contribution is 5.03. The van der Waals surface area contributed by atoms with Gasteiger partial charge >= 0.3 is 0 Å². The summed E-state index contributed by atoms with van der Waals surface area (Å²) in [6, 6.07) is 0. The van der Waals surface area contributed by atoms with E-state index in [9.17, 15) is 0 Å². The fraction of sp³-hybridized carbons (Fsp3) is 0.500. The minimum atomic E-state index is 1.21. The van der Waals surface area contributed by atoms with Gasteiger partial charge < -0.3 is 0 Å². The van der Waals surface area contributed by atoms with Gasteiger partial charge in [-0.05, 0) is 19.8 Å². The number of allylic oxidation sites excluding steroid dienone is 4. The average molecular weight is 137 g/mol. The van der Waals surface area contributed by atoms with Crippen LogP contribution in [-0.2, 0) is 0 Å². The van der Waals surface area contributed by atoms with Crippen molar-refractivity contribution >= 4 is 0 Å². The van der Waals surface area contributed by atoms with Crippen LogP contribution in [0.2, 0.25) is 0 Å². The van der Waals surface area contributed by atoms with Crippen molar-refractivity contribution in [2.45, 2.75) is 32.6 Å². The standard InChI is InChI=1S/C10H17/c1-3-5-7-9-10-8-6-4-2/h3,5,7,9H,1,4,6,8,10H2,2H3. The second-order valence-electron chi connectivity index (χ2n) is 2.35. The summed E-state index contributed by atoms with van der Waals surface area (Å²) in [6.45, 7) is 5.81. The Morgan fingerprint density at radius 3 is 2.60 bits per heavy atom. The highest BCUT2D eigenvalue weighted by Crippen LogP contribution is 1.99. The van der Waals surface area contributed by atoms with E-state index in [2.05, 4.69) is 26.0 Å². The molecule has 0 aromatic rings. The Bertz CT molecular complexity index is 98.6. The third-order valence-corrected chi connectivity index (χ3v) is 1.36. The van der Waals surface area contributed by atoms with Crippen molar-refractivity contribution in [1.82, 2.24) is 0 Å². The topological polar surface area (TPSA) is 0 Å². The van der Waals surface area contributed by atoms with Gasteiger partial charge in [-0.3, -0.25) is 0 Å². The van der Waals surface area contributed by atoms with E-state index in [0.29, 0.717) is 0 Å². The molecule has 0 saturated heterocycles. The van der Waals surface area contributed by atoms with E-state index in [-0.39, 0.29) is 0 Å². The van der Waals surface area contributed by atoms with Crippen LogP contribution in [0.25, 0.3) is 0 Å². The number of hydrogen-bond acceptors (Lipinski definition) is 0. The molecule has 0 spiro atoms. The number of hydrogen-bond donors (Lipinski definition) is 0. The number of unbranched alkanes of at least 4 members (excludes halogenated alkanes) is 3. The van der Waals surface area contributed by atoms with E-state index < -0.39 is 0 Å². The summed E-state index contributed by atoms with van der Waals surface area (Å²) >= 11 is 0. The van der Waals surface area contributed by atoms with E-state index in [4.69, 9.17) is 0 Å². The first kappa shape index (κ1) is 9.48. The molecule has 0 saturated carbocycles. The molecule has 0 heteroatoms. The van der Waals surface area contributed by atoms with Crippen molar-refractivity contribution < 1.29 is 0 Å². The third-order valence-electron chi connectivity index (χ3n) is 1.36. The zero-order valence-corrected chi connectivity index (χ0v) is 6.84. The summed E-state index contributed by atoms with van der Waals surface area (Å²) in [7, 11) is 0. The molecule has 57 valence electrons. The lowest BCUT2D eigenvalue weighted by Gasteiger charge is -1.89. The Morgan fingerprint density at radius 2 is 2.00 bits per heavy atom. The largest absolute Gasteiger partial charge is 0.0845 e. The molecule has 10 heavy (non-hydrogen) atoms. The molecule has 0 unspecified atom stereocenters. The van der Waals surface area contributed by atoms with Gasteiger partial charge in [-0.25, -0.2) is 0 Å². The Balaban J connectivity index is 3.02. The fourth-order valence-corrected chi connectivity index (χ4v) is 0.766. The lowest BCUT2D eigenvalue weighted by molar-refractivity contribution is 0.729. The zero-order chi connectivity index (χ0) is 7.66. The maximum atomic E-state index is 3.59. The minimum absolute atomic E-state index is 1.21. The highest BCUT2D eigenvalue weighted by atomic mass is 13.9. The van der Waals surface area contributed by atoms with E-state index in [1.165, 1.54) is 25.7 Å². The van der Waals surface area contributed by atoms with Gasteiger partial charge in [0, 0.05) is 0 Å². The quantitative estimate of drug-likeness (QED) is 0.402. The second kappa shape index (κ2) is 8.48. The van der Waals surface area contributed by atoms with Crippen LogP contribution < -0.4 is 0 Å². The Labute approximate surface area is 64.6 Å². The second-order valence-corrected chi connectivity index (χ2v) is 2.35. The van der Waals surface area contributed by atoms with Crippen LogP contribution in [0.1, 0.15) is 32.6 Å². The summed E-state index contributed by atoms with van der Waals surface area (Å²) in [5.41, 5.74) is 0. The molecule has 0 N–H and O–H groups in total. The predicted molar refractivity (Wildman–Crippen MR) is 47.8 cm³/mol. The molecule has 1 radical (unpaired) electrons. The first-order valence-electron chi connectivity index (χ1n) is 4.02. The molecule has 0 atom stereocenters. The predicted octanol–water partition coefficient (Wildman–Crippen LogP) is 3.51. The van der Waals surface area contributed by atoms with E-state index in [0.717, 1.165) is 0 Å². The van der Waals surface area contributed by atoms with E-state index in [1.807, 2.05) is 6.08 Å². The van der Waals surface area contributed by atoms with Crippen LogP contribution in [0.15, 0.2) is 24.3 Å². The highest BCUT2D eigenvalue weighted by Gasteiger charge is 1.79. The summed E-state index contributed by atoms with van der Waals surface area (Å²) in [5.74, 6) is 0. The lowest BCUT2D eigenvalue weighted by Crippen LogP contribution is -1.69.